The van der Waals surface area contributed by atoms with Crippen molar-refractivity contribution in [1.82, 2.24) is 0 Å². The second-order valence-electron chi connectivity index (χ2n) is 6.87. The number of nitrogens with zero attached hydrogens (tertiary/aromatic N) is 2. The molecule has 0 aliphatic heterocycles. The number of carbonyl (C=O) groups excluding carboxylic acids is 1. The maximum absolute atomic E-state index is 11.6. The van der Waals surface area contributed by atoms with Gasteiger partial charge in [-0.1, -0.05) is 32.9 Å². The zero-order valence-electron chi connectivity index (χ0n) is 13.8. The molecular formula is C19H26N2O. The summed E-state index contributed by atoms with van der Waals surface area (Å²) in [5.41, 5.74) is 1.94. The normalized spacial score (nSPS) is 24.8. The summed E-state index contributed by atoms with van der Waals surface area (Å²) < 4.78 is 0. The van der Waals surface area contributed by atoms with Crippen molar-refractivity contribution in [3.05, 3.63) is 29.8 Å². The number of hydrogen-bond donors (Lipinski definition) is 0. The molecule has 0 spiro atoms. The fourth-order valence-corrected chi connectivity index (χ4v) is 3.87. The van der Waals surface area contributed by atoms with Crippen LogP contribution in [0.4, 0.5) is 5.69 Å². The smallest absolute Gasteiger partial charge is 0.214 e. The lowest BCUT2D eigenvalue weighted by Crippen LogP contribution is -2.41. The Hall–Kier alpha value is -1.82. The Morgan fingerprint density at radius 3 is 2.50 bits per heavy atom. The van der Waals surface area contributed by atoms with E-state index in [2.05, 4.69) is 26.8 Å². The van der Waals surface area contributed by atoms with Gasteiger partial charge in [0, 0.05) is 11.7 Å². The first-order chi connectivity index (χ1) is 10.6. The van der Waals surface area contributed by atoms with Crippen molar-refractivity contribution in [3.63, 3.8) is 0 Å². The van der Waals surface area contributed by atoms with Gasteiger partial charge in [0.15, 0.2) is 0 Å². The Morgan fingerprint density at radius 2 is 2.00 bits per heavy atom. The molecule has 0 bridgehead atoms. The van der Waals surface area contributed by atoms with Crippen LogP contribution < -0.4 is 4.90 Å². The minimum atomic E-state index is 0.296. The van der Waals surface area contributed by atoms with E-state index in [1.165, 1.54) is 6.42 Å². The molecule has 3 atom stereocenters. The van der Waals surface area contributed by atoms with Crippen molar-refractivity contribution in [2.45, 2.75) is 52.5 Å². The number of anilines is 1. The number of rotatable bonds is 5. The fraction of sp³-hybridized carbons (Fsp3) is 0.579. The lowest BCUT2D eigenvalue weighted by Gasteiger charge is -2.40. The third-order valence-electron chi connectivity index (χ3n) is 5.09. The van der Waals surface area contributed by atoms with E-state index in [4.69, 9.17) is 5.26 Å². The van der Waals surface area contributed by atoms with Gasteiger partial charge < -0.3 is 4.90 Å². The summed E-state index contributed by atoms with van der Waals surface area (Å²) in [6, 6.07) is 10.2. The van der Waals surface area contributed by atoms with Gasteiger partial charge in [0.1, 0.15) is 0 Å². The van der Waals surface area contributed by atoms with Crippen LogP contribution in [-0.4, -0.2) is 12.5 Å². The second kappa shape index (κ2) is 7.45. The highest BCUT2D eigenvalue weighted by atomic mass is 16.1. The van der Waals surface area contributed by atoms with E-state index in [9.17, 15) is 4.79 Å². The molecule has 0 saturated heterocycles. The van der Waals surface area contributed by atoms with Crippen LogP contribution in [0.1, 0.15) is 45.6 Å². The van der Waals surface area contributed by atoms with Gasteiger partial charge in [-0.05, 0) is 54.7 Å². The van der Waals surface area contributed by atoms with Crippen LogP contribution in [0.5, 0.6) is 0 Å². The maximum atomic E-state index is 11.6. The Balaban J connectivity index is 2.09. The highest BCUT2D eigenvalue weighted by molar-refractivity contribution is 5.76. The molecule has 3 heteroatoms. The van der Waals surface area contributed by atoms with E-state index >= 15 is 0 Å². The van der Waals surface area contributed by atoms with Crippen molar-refractivity contribution in [1.29, 1.82) is 5.26 Å². The molecule has 0 N–H and O–H groups in total. The summed E-state index contributed by atoms with van der Waals surface area (Å²) >= 11 is 0. The average Bonchev–Trinajstić information content (AvgIpc) is 2.50. The Kier molecular flexibility index (Phi) is 5.60. The molecular weight excluding hydrogens is 272 g/mol. The van der Waals surface area contributed by atoms with Crippen molar-refractivity contribution in [3.8, 4) is 6.07 Å². The summed E-state index contributed by atoms with van der Waals surface area (Å²) in [6.45, 7) is 6.91. The molecule has 1 aliphatic rings. The van der Waals surface area contributed by atoms with Gasteiger partial charge in [-0.15, -0.1) is 0 Å². The lowest BCUT2D eigenvalue weighted by atomic mass is 9.72. The zero-order valence-corrected chi connectivity index (χ0v) is 13.8. The first-order valence-corrected chi connectivity index (χ1v) is 8.26. The first kappa shape index (κ1) is 16.5. The fourth-order valence-electron chi connectivity index (χ4n) is 3.87. The van der Waals surface area contributed by atoms with Gasteiger partial charge in [-0.2, -0.15) is 5.26 Å². The van der Waals surface area contributed by atoms with E-state index in [0.29, 0.717) is 24.3 Å². The zero-order chi connectivity index (χ0) is 16.1. The quantitative estimate of drug-likeness (QED) is 0.766. The van der Waals surface area contributed by atoms with Gasteiger partial charge in [0.2, 0.25) is 6.41 Å². The molecule has 1 aromatic carbocycles. The highest BCUT2D eigenvalue weighted by Crippen LogP contribution is 2.37. The standard InChI is InChI=1S/C19H26N2O/c1-14(2)19-9-8-18(12-15(19)3)21(13-22)17-6-4-16(5-7-17)10-11-20/h4-7,13-15,18-19H,8-10,12H2,1-3H3. The molecule has 2 rings (SSSR count). The molecule has 1 amide bonds. The Morgan fingerprint density at radius 1 is 1.32 bits per heavy atom. The Labute approximate surface area is 133 Å². The highest BCUT2D eigenvalue weighted by Gasteiger charge is 2.32. The monoisotopic (exact) mass is 298 g/mol. The molecule has 1 aromatic rings. The summed E-state index contributed by atoms with van der Waals surface area (Å²) in [5, 5.41) is 8.73. The van der Waals surface area contributed by atoms with Crippen molar-refractivity contribution >= 4 is 12.1 Å². The number of amides is 1. The molecule has 0 heterocycles. The number of carbonyl (C=O) groups is 1. The maximum Gasteiger partial charge on any atom is 0.214 e. The van der Waals surface area contributed by atoms with E-state index < -0.39 is 0 Å². The van der Waals surface area contributed by atoms with E-state index in [-0.39, 0.29) is 0 Å². The van der Waals surface area contributed by atoms with Crippen LogP contribution in [0.3, 0.4) is 0 Å². The Bertz CT molecular complexity index is 529. The third kappa shape index (κ3) is 3.68. The molecule has 3 nitrogen and oxygen atoms in total. The predicted octanol–water partition coefficient (Wildman–Crippen LogP) is 4.18. The number of nitriles is 1. The van der Waals surface area contributed by atoms with Gasteiger partial charge in [0.25, 0.3) is 0 Å². The molecule has 0 aromatic heterocycles. The molecule has 1 aliphatic carbocycles. The topological polar surface area (TPSA) is 44.1 Å². The largest absolute Gasteiger partial charge is 0.312 e. The van der Waals surface area contributed by atoms with Crippen LogP contribution in [-0.2, 0) is 11.2 Å². The van der Waals surface area contributed by atoms with Crippen LogP contribution in [0.15, 0.2) is 24.3 Å². The lowest BCUT2D eigenvalue weighted by molar-refractivity contribution is -0.108. The predicted molar refractivity (Wildman–Crippen MR) is 89.4 cm³/mol. The molecule has 1 saturated carbocycles. The summed E-state index contributed by atoms with van der Waals surface area (Å²) in [5.74, 6) is 2.13. The molecule has 22 heavy (non-hydrogen) atoms. The minimum absolute atomic E-state index is 0.296. The van der Waals surface area contributed by atoms with Gasteiger partial charge in [-0.3, -0.25) is 4.79 Å². The molecule has 118 valence electrons. The van der Waals surface area contributed by atoms with E-state index in [1.807, 2.05) is 29.2 Å². The van der Waals surface area contributed by atoms with Crippen molar-refractivity contribution in [2.24, 2.45) is 17.8 Å². The van der Waals surface area contributed by atoms with Gasteiger partial charge in [-0.25, -0.2) is 0 Å². The third-order valence-corrected chi connectivity index (χ3v) is 5.09. The average molecular weight is 298 g/mol. The van der Waals surface area contributed by atoms with E-state index in [0.717, 1.165) is 36.4 Å². The number of hydrogen-bond acceptors (Lipinski definition) is 2. The van der Waals surface area contributed by atoms with Gasteiger partial charge >= 0.3 is 0 Å². The van der Waals surface area contributed by atoms with E-state index in [1.54, 1.807) is 0 Å². The molecule has 3 unspecified atom stereocenters. The van der Waals surface area contributed by atoms with Crippen LogP contribution >= 0.6 is 0 Å². The summed E-state index contributed by atoms with van der Waals surface area (Å²) in [4.78, 5) is 13.5. The minimum Gasteiger partial charge on any atom is -0.312 e. The van der Waals surface area contributed by atoms with Crippen LogP contribution in [0.2, 0.25) is 0 Å². The van der Waals surface area contributed by atoms with Crippen molar-refractivity contribution in [2.75, 3.05) is 4.90 Å². The van der Waals surface area contributed by atoms with Crippen molar-refractivity contribution < 1.29 is 4.79 Å². The van der Waals surface area contributed by atoms with Crippen LogP contribution in [0, 0.1) is 29.1 Å². The SMILES string of the molecule is CC(C)C1CCC(N(C=O)c2ccc(CC#N)cc2)CC1C. The first-order valence-electron chi connectivity index (χ1n) is 8.26. The van der Waals surface area contributed by atoms with Crippen LogP contribution in [0.25, 0.3) is 0 Å². The second-order valence-corrected chi connectivity index (χ2v) is 6.87. The summed E-state index contributed by atoms with van der Waals surface area (Å²) in [6.07, 6.45) is 4.72. The van der Waals surface area contributed by atoms with Gasteiger partial charge in [0.05, 0.1) is 12.5 Å². The summed E-state index contributed by atoms with van der Waals surface area (Å²) in [7, 11) is 0. The molecule has 0 radical (unpaired) electrons. The number of benzene rings is 1. The molecule has 1 fully saturated rings.